The fourth-order valence-corrected chi connectivity index (χ4v) is 2.70. The van der Waals surface area contributed by atoms with Gasteiger partial charge in [-0.05, 0) is 37.6 Å². The molecule has 0 spiro atoms. The van der Waals surface area contributed by atoms with Crippen molar-refractivity contribution >= 4 is 5.91 Å². The number of carbonyl (C=O) groups is 1. The average Bonchev–Trinajstić information content (AvgIpc) is 2.93. The van der Waals surface area contributed by atoms with E-state index in [9.17, 15) is 9.18 Å². The normalized spacial score (nSPS) is 25.5. The highest BCUT2D eigenvalue weighted by Crippen LogP contribution is 2.32. The first-order valence-corrected chi connectivity index (χ1v) is 6.70. The number of nitrogens with one attached hydrogen (secondary N) is 2. The first-order valence-electron chi connectivity index (χ1n) is 6.70. The summed E-state index contributed by atoms with van der Waals surface area (Å²) in [6.07, 6.45) is 2.57. The van der Waals surface area contributed by atoms with Gasteiger partial charge in [-0.2, -0.15) is 0 Å². The Kier molecular flexibility index (Phi) is 3.38. The van der Waals surface area contributed by atoms with Crippen molar-refractivity contribution < 1.29 is 13.9 Å². The third-order valence-electron chi connectivity index (χ3n) is 3.70. The molecule has 0 aromatic heterocycles. The Balaban J connectivity index is 1.75. The maximum absolute atomic E-state index is 13.3. The molecule has 1 aromatic rings. The van der Waals surface area contributed by atoms with E-state index in [-0.39, 0.29) is 23.8 Å². The van der Waals surface area contributed by atoms with Crippen LogP contribution in [0.1, 0.15) is 30.9 Å². The van der Waals surface area contributed by atoms with Gasteiger partial charge in [0.1, 0.15) is 11.6 Å². The highest BCUT2D eigenvalue weighted by atomic mass is 19.1. The third kappa shape index (κ3) is 2.56. The summed E-state index contributed by atoms with van der Waals surface area (Å²) >= 11 is 0. The molecule has 2 heterocycles. The number of hydrogen-bond donors (Lipinski definition) is 2. The fourth-order valence-electron chi connectivity index (χ4n) is 2.70. The Labute approximate surface area is 111 Å². The van der Waals surface area contributed by atoms with Crippen LogP contribution in [-0.2, 0) is 4.79 Å². The van der Waals surface area contributed by atoms with Crippen LogP contribution in [0.3, 0.4) is 0 Å². The van der Waals surface area contributed by atoms with Gasteiger partial charge in [0, 0.05) is 12.0 Å². The highest BCUT2D eigenvalue weighted by Gasteiger charge is 2.28. The molecule has 2 aliphatic rings. The lowest BCUT2D eigenvalue weighted by Gasteiger charge is -2.27. The van der Waals surface area contributed by atoms with Crippen LogP contribution in [0.25, 0.3) is 0 Å². The number of rotatable bonds is 2. The van der Waals surface area contributed by atoms with Crippen molar-refractivity contribution in [2.24, 2.45) is 0 Å². The summed E-state index contributed by atoms with van der Waals surface area (Å²) < 4.78 is 18.8. The molecule has 2 aliphatic heterocycles. The van der Waals surface area contributed by atoms with E-state index in [1.807, 2.05) is 0 Å². The predicted octanol–water partition coefficient (Wildman–Crippen LogP) is 1.52. The van der Waals surface area contributed by atoms with Gasteiger partial charge in [0.25, 0.3) is 0 Å². The molecule has 0 radical (unpaired) electrons. The van der Waals surface area contributed by atoms with E-state index < -0.39 is 0 Å². The van der Waals surface area contributed by atoms with Crippen LogP contribution in [0.2, 0.25) is 0 Å². The molecule has 0 bridgehead atoms. The largest absolute Gasteiger partial charge is 0.493 e. The van der Waals surface area contributed by atoms with E-state index >= 15 is 0 Å². The molecule has 0 aliphatic carbocycles. The molecule has 1 aromatic carbocycles. The van der Waals surface area contributed by atoms with Crippen molar-refractivity contribution in [3.63, 3.8) is 0 Å². The minimum atomic E-state index is -0.303. The SMILES string of the molecule is O=C(NC1CCOc2ccc(F)cc21)C1CCCN1. The fraction of sp³-hybridized carbons (Fsp3) is 0.500. The smallest absolute Gasteiger partial charge is 0.237 e. The van der Waals surface area contributed by atoms with E-state index in [0.29, 0.717) is 18.8 Å². The zero-order chi connectivity index (χ0) is 13.2. The topological polar surface area (TPSA) is 50.4 Å². The van der Waals surface area contributed by atoms with Crippen LogP contribution in [0.15, 0.2) is 18.2 Å². The van der Waals surface area contributed by atoms with Crippen molar-refractivity contribution in [2.45, 2.75) is 31.3 Å². The summed E-state index contributed by atoms with van der Waals surface area (Å²) in [7, 11) is 0. The van der Waals surface area contributed by atoms with E-state index in [1.54, 1.807) is 6.07 Å². The molecule has 2 atom stereocenters. The second-order valence-corrected chi connectivity index (χ2v) is 5.03. The molecule has 3 rings (SSSR count). The summed E-state index contributed by atoms with van der Waals surface area (Å²) in [5.41, 5.74) is 0.734. The zero-order valence-corrected chi connectivity index (χ0v) is 10.6. The lowest BCUT2D eigenvalue weighted by atomic mass is 10.00. The van der Waals surface area contributed by atoms with E-state index in [4.69, 9.17) is 4.74 Å². The van der Waals surface area contributed by atoms with Gasteiger partial charge in [0.2, 0.25) is 5.91 Å². The van der Waals surface area contributed by atoms with E-state index in [0.717, 1.165) is 24.9 Å². The average molecular weight is 264 g/mol. The summed E-state index contributed by atoms with van der Waals surface area (Å²) in [6, 6.07) is 4.18. The summed E-state index contributed by atoms with van der Waals surface area (Å²) in [6.45, 7) is 1.43. The number of carbonyl (C=O) groups excluding carboxylic acids is 1. The highest BCUT2D eigenvalue weighted by molar-refractivity contribution is 5.82. The maximum Gasteiger partial charge on any atom is 0.237 e. The van der Waals surface area contributed by atoms with Crippen LogP contribution in [0.5, 0.6) is 5.75 Å². The van der Waals surface area contributed by atoms with Gasteiger partial charge in [-0.15, -0.1) is 0 Å². The molecule has 19 heavy (non-hydrogen) atoms. The molecular formula is C14H17FN2O2. The minimum Gasteiger partial charge on any atom is -0.493 e. The number of hydrogen-bond acceptors (Lipinski definition) is 3. The van der Waals surface area contributed by atoms with Crippen molar-refractivity contribution in [3.8, 4) is 5.75 Å². The van der Waals surface area contributed by atoms with Crippen LogP contribution < -0.4 is 15.4 Å². The van der Waals surface area contributed by atoms with Crippen molar-refractivity contribution in [1.82, 2.24) is 10.6 Å². The number of benzene rings is 1. The van der Waals surface area contributed by atoms with Gasteiger partial charge < -0.3 is 15.4 Å². The molecule has 0 saturated carbocycles. The Morgan fingerprint density at radius 2 is 2.32 bits per heavy atom. The van der Waals surface area contributed by atoms with Gasteiger partial charge in [0.05, 0.1) is 18.7 Å². The Hall–Kier alpha value is -1.62. The standard InChI is InChI=1S/C14H17FN2O2/c15-9-3-4-13-10(8-9)11(5-7-19-13)17-14(18)12-2-1-6-16-12/h3-4,8,11-12,16H,1-2,5-7H2,(H,17,18). The summed E-state index contributed by atoms with van der Waals surface area (Å²) in [4.78, 5) is 12.1. The second-order valence-electron chi connectivity index (χ2n) is 5.03. The van der Waals surface area contributed by atoms with Crippen molar-refractivity contribution in [2.75, 3.05) is 13.2 Å². The van der Waals surface area contributed by atoms with Gasteiger partial charge in [-0.1, -0.05) is 0 Å². The van der Waals surface area contributed by atoms with Crippen LogP contribution >= 0.6 is 0 Å². The van der Waals surface area contributed by atoms with Gasteiger partial charge in [-0.25, -0.2) is 4.39 Å². The quantitative estimate of drug-likeness (QED) is 0.851. The number of fused-ring (bicyclic) bond motifs is 1. The van der Waals surface area contributed by atoms with Crippen molar-refractivity contribution in [3.05, 3.63) is 29.6 Å². The lowest BCUT2D eigenvalue weighted by molar-refractivity contribution is -0.123. The number of amides is 1. The molecular weight excluding hydrogens is 247 g/mol. The zero-order valence-electron chi connectivity index (χ0n) is 10.6. The minimum absolute atomic E-state index is 0.000360. The van der Waals surface area contributed by atoms with E-state index in [1.165, 1.54) is 12.1 Å². The van der Waals surface area contributed by atoms with Crippen LogP contribution in [0, 0.1) is 5.82 Å². The molecule has 5 heteroatoms. The molecule has 102 valence electrons. The van der Waals surface area contributed by atoms with Crippen molar-refractivity contribution in [1.29, 1.82) is 0 Å². The molecule has 2 unspecified atom stereocenters. The Morgan fingerprint density at radius 1 is 1.42 bits per heavy atom. The molecule has 4 nitrogen and oxygen atoms in total. The van der Waals surface area contributed by atoms with Crippen LogP contribution in [0.4, 0.5) is 4.39 Å². The Bertz CT molecular complexity index is 486. The van der Waals surface area contributed by atoms with Gasteiger partial charge in [0.15, 0.2) is 0 Å². The summed E-state index contributed by atoms with van der Waals surface area (Å²) in [5, 5.41) is 6.16. The van der Waals surface area contributed by atoms with Crippen LogP contribution in [-0.4, -0.2) is 25.1 Å². The summed E-state index contributed by atoms with van der Waals surface area (Å²) in [5.74, 6) is 0.361. The molecule has 1 saturated heterocycles. The monoisotopic (exact) mass is 264 g/mol. The second kappa shape index (κ2) is 5.17. The molecule has 2 N–H and O–H groups in total. The third-order valence-corrected chi connectivity index (χ3v) is 3.70. The predicted molar refractivity (Wildman–Crippen MR) is 68.4 cm³/mol. The first kappa shape index (κ1) is 12.4. The Morgan fingerprint density at radius 3 is 3.11 bits per heavy atom. The molecule has 1 fully saturated rings. The van der Waals surface area contributed by atoms with Gasteiger partial charge in [-0.3, -0.25) is 4.79 Å². The maximum atomic E-state index is 13.3. The number of ether oxygens (including phenoxy) is 1. The number of halogens is 1. The lowest BCUT2D eigenvalue weighted by Crippen LogP contribution is -2.43. The van der Waals surface area contributed by atoms with E-state index in [2.05, 4.69) is 10.6 Å². The first-order chi connectivity index (χ1) is 9.24. The molecule has 1 amide bonds. The van der Waals surface area contributed by atoms with Gasteiger partial charge >= 0.3 is 0 Å².